The fourth-order valence-electron chi connectivity index (χ4n) is 2.14. The Labute approximate surface area is 125 Å². The number of anilines is 3. The highest BCUT2D eigenvalue weighted by Crippen LogP contribution is 2.23. The Morgan fingerprint density at radius 3 is 2.38 bits per heavy atom. The van der Waals surface area contributed by atoms with Crippen LogP contribution in [0.15, 0.2) is 36.4 Å². The predicted molar refractivity (Wildman–Crippen MR) is 89.1 cm³/mol. The van der Waals surface area contributed by atoms with E-state index in [9.17, 15) is 4.79 Å². The molecule has 0 saturated carbocycles. The lowest BCUT2D eigenvalue weighted by Gasteiger charge is -2.18. The zero-order chi connectivity index (χ0) is 15.6. The Morgan fingerprint density at radius 1 is 1.05 bits per heavy atom. The Morgan fingerprint density at radius 2 is 1.76 bits per heavy atom. The third-order valence-electron chi connectivity index (χ3n) is 3.51. The lowest BCUT2D eigenvalue weighted by molar-refractivity contribution is 0.102. The van der Waals surface area contributed by atoms with Crippen LogP contribution in [0.5, 0.6) is 0 Å². The molecular weight excluding hydrogens is 262 g/mol. The van der Waals surface area contributed by atoms with Crippen molar-refractivity contribution in [3.8, 4) is 0 Å². The molecule has 3 N–H and O–H groups in total. The minimum atomic E-state index is -0.158. The standard InChI is InChI=1S/C17H21N3O/c1-11-5-7-14(9-12(11)2)19-17(21)15-10-13(18)6-8-16(15)20(3)4/h5-10H,18H2,1-4H3,(H,19,21). The average Bonchev–Trinajstić information content (AvgIpc) is 2.42. The highest BCUT2D eigenvalue weighted by atomic mass is 16.1. The maximum Gasteiger partial charge on any atom is 0.257 e. The Balaban J connectivity index is 2.31. The summed E-state index contributed by atoms with van der Waals surface area (Å²) in [5.41, 5.74) is 10.9. The first-order chi connectivity index (χ1) is 9.88. The third kappa shape index (κ3) is 3.34. The van der Waals surface area contributed by atoms with Crippen LogP contribution < -0.4 is 16.0 Å². The SMILES string of the molecule is Cc1ccc(NC(=O)c2cc(N)ccc2N(C)C)cc1C. The van der Waals surface area contributed by atoms with Crippen LogP contribution in [-0.4, -0.2) is 20.0 Å². The van der Waals surface area contributed by atoms with Gasteiger partial charge in [-0.1, -0.05) is 6.07 Å². The molecule has 21 heavy (non-hydrogen) atoms. The van der Waals surface area contributed by atoms with Gasteiger partial charge in [0.2, 0.25) is 0 Å². The molecule has 110 valence electrons. The van der Waals surface area contributed by atoms with Gasteiger partial charge in [0.1, 0.15) is 0 Å². The first-order valence-corrected chi connectivity index (χ1v) is 6.84. The van der Waals surface area contributed by atoms with E-state index in [-0.39, 0.29) is 5.91 Å². The number of amides is 1. The van der Waals surface area contributed by atoms with E-state index in [0.717, 1.165) is 16.9 Å². The summed E-state index contributed by atoms with van der Waals surface area (Å²) in [6.45, 7) is 4.07. The maximum atomic E-state index is 12.5. The minimum absolute atomic E-state index is 0.158. The Bertz CT molecular complexity index is 678. The number of nitrogens with zero attached hydrogens (tertiary/aromatic N) is 1. The molecule has 0 saturated heterocycles. The molecular formula is C17H21N3O. The van der Waals surface area contributed by atoms with Gasteiger partial charge >= 0.3 is 0 Å². The highest BCUT2D eigenvalue weighted by Gasteiger charge is 2.14. The Hall–Kier alpha value is -2.49. The summed E-state index contributed by atoms with van der Waals surface area (Å²) >= 11 is 0. The van der Waals surface area contributed by atoms with E-state index in [1.807, 2.05) is 57.1 Å². The molecule has 0 atom stereocenters. The second kappa shape index (κ2) is 5.87. The van der Waals surface area contributed by atoms with E-state index in [0.29, 0.717) is 11.3 Å². The monoisotopic (exact) mass is 283 g/mol. The quantitative estimate of drug-likeness (QED) is 0.850. The van der Waals surface area contributed by atoms with Crippen LogP contribution in [0.3, 0.4) is 0 Å². The van der Waals surface area contributed by atoms with Crippen LogP contribution in [0, 0.1) is 13.8 Å². The van der Waals surface area contributed by atoms with Gasteiger partial charge in [0, 0.05) is 31.2 Å². The highest BCUT2D eigenvalue weighted by molar-refractivity contribution is 6.08. The van der Waals surface area contributed by atoms with Crippen molar-refractivity contribution in [1.82, 2.24) is 0 Å². The summed E-state index contributed by atoms with van der Waals surface area (Å²) in [5, 5.41) is 2.93. The molecule has 4 heteroatoms. The molecule has 0 spiro atoms. The smallest absolute Gasteiger partial charge is 0.257 e. The molecule has 2 rings (SSSR count). The van der Waals surface area contributed by atoms with Gasteiger partial charge in [-0.25, -0.2) is 0 Å². The minimum Gasteiger partial charge on any atom is -0.399 e. The van der Waals surface area contributed by atoms with Crippen LogP contribution >= 0.6 is 0 Å². The van der Waals surface area contributed by atoms with Crippen LogP contribution in [0.2, 0.25) is 0 Å². The molecule has 2 aromatic rings. The van der Waals surface area contributed by atoms with Gasteiger partial charge in [-0.2, -0.15) is 0 Å². The molecule has 0 fully saturated rings. The van der Waals surface area contributed by atoms with Crippen LogP contribution in [0.25, 0.3) is 0 Å². The zero-order valence-electron chi connectivity index (χ0n) is 12.9. The van der Waals surface area contributed by atoms with Crippen molar-refractivity contribution in [2.45, 2.75) is 13.8 Å². The topological polar surface area (TPSA) is 58.4 Å². The zero-order valence-corrected chi connectivity index (χ0v) is 12.9. The Kier molecular flexibility index (Phi) is 4.17. The first kappa shape index (κ1) is 14.9. The van der Waals surface area contributed by atoms with Gasteiger partial charge in [-0.05, 0) is 55.3 Å². The summed E-state index contributed by atoms with van der Waals surface area (Å²) in [5.74, 6) is -0.158. The summed E-state index contributed by atoms with van der Waals surface area (Å²) in [4.78, 5) is 14.4. The van der Waals surface area contributed by atoms with Crippen LogP contribution in [0.4, 0.5) is 17.1 Å². The van der Waals surface area contributed by atoms with E-state index in [1.165, 1.54) is 5.56 Å². The van der Waals surface area contributed by atoms with Crippen molar-refractivity contribution in [2.24, 2.45) is 0 Å². The van der Waals surface area contributed by atoms with E-state index < -0.39 is 0 Å². The molecule has 0 aromatic heterocycles. The number of carbonyl (C=O) groups is 1. The number of nitrogens with one attached hydrogen (secondary N) is 1. The predicted octanol–water partition coefficient (Wildman–Crippen LogP) is 3.20. The molecule has 0 aliphatic rings. The van der Waals surface area contributed by atoms with Crippen LogP contribution in [-0.2, 0) is 0 Å². The number of benzene rings is 2. The van der Waals surface area contributed by atoms with E-state index in [1.54, 1.807) is 12.1 Å². The van der Waals surface area contributed by atoms with Gasteiger partial charge < -0.3 is 16.0 Å². The lowest BCUT2D eigenvalue weighted by Crippen LogP contribution is -2.19. The van der Waals surface area contributed by atoms with Gasteiger partial charge in [-0.15, -0.1) is 0 Å². The fraction of sp³-hybridized carbons (Fsp3) is 0.235. The van der Waals surface area contributed by atoms with Crippen molar-refractivity contribution in [3.63, 3.8) is 0 Å². The number of nitrogen functional groups attached to an aromatic ring is 1. The second-order valence-corrected chi connectivity index (χ2v) is 5.42. The van der Waals surface area contributed by atoms with Crippen molar-refractivity contribution in [1.29, 1.82) is 0 Å². The lowest BCUT2D eigenvalue weighted by atomic mass is 10.1. The summed E-state index contributed by atoms with van der Waals surface area (Å²) in [7, 11) is 3.80. The molecule has 0 unspecified atom stereocenters. The molecule has 0 radical (unpaired) electrons. The number of rotatable bonds is 3. The van der Waals surface area contributed by atoms with Gasteiger partial charge in [0.25, 0.3) is 5.91 Å². The molecule has 0 heterocycles. The third-order valence-corrected chi connectivity index (χ3v) is 3.51. The molecule has 0 aliphatic carbocycles. The number of carbonyl (C=O) groups excluding carboxylic acids is 1. The summed E-state index contributed by atoms with van der Waals surface area (Å²) in [6.07, 6.45) is 0. The first-order valence-electron chi connectivity index (χ1n) is 6.84. The number of nitrogens with two attached hydrogens (primary N) is 1. The van der Waals surface area contributed by atoms with Crippen molar-refractivity contribution in [2.75, 3.05) is 30.0 Å². The van der Waals surface area contributed by atoms with Gasteiger partial charge in [0.05, 0.1) is 5.56 Å². The normalized spacial score (nSPS) is 10.3. The molecule has 4 nitrogen and oxygen atoms in total. The molecule has 0 aliphatic heterocycles. The molecule has 0 bridgehead atoms. The van der Waals surface area contributed by atoms with E-state index >= 15 is 0 Å². The molecule has 2 aromatic carbocycles. The fourth-order valence-corrected chi connectivity index (χ4v) is 2.14. The van der Waals surface area contributed by atoms with Crippen molar-refractivity contribution < 1.29 is 4.79 Å². The maximum absolute atomic E-state index is 12.5. The van der Waals surface area contributed by atoms with Crippen molar-refractivity contribution in [3.05, 3.63) is 53.1 Å². The average molecular weight is 283 g/mol. The van der Waals surface area contributed by atoms with Gasteiger partial charge in [0.15, 0.2) is 0 Å². The van der Waals surface area contributed by atoms with Gasteiger partial charge in [-0.3, -0.25) is 4.79 Å². The van der Waals surface area contributed by atoms with E-state index in [2.05, 4.69) is 5.32 Å². The molecule has 1 amide bonds. The number of hydrogen-bond donors (Lipinski definition) is 2. The second-order valence-electron chi connectivity index (χ2n) is 5.42. The largest absolute Gasteiger partial charge is 0.399 e. The number of hydrogen-bond acceptors (Lipinski definition) is 3. The summed E-state index contributed by atoms with van der Waals surface area (Å²) < 4.78 is 0. The number of aryl methyl sites for hydroxylation is 2. The van der Waals surface area contributed by atoms with Crippen LogP contribution in [0.1, 0.15) is 21.5 Å². The van der Waals surface area contributed by atoms with Crippen molar-refractivity contribution >= 4 is 23.0 Å². The van der Waals surface area contributed by atoms with E-state index in [4.69, 9.17) is 5.73 Å². The summed E-state index contributed by atoms with van der Waals surface area (Å²) in [6, 6.07) is 11.2.